The van der Waals surface area contributed by atoms with Crippen molar-refractivity contribution in [3.8, 4) is 0 Å². The van der Waals surface area contributed by atoms with Crippen LogP contribution < -0.4 is 5.32 Å². The summed E-state index contributed by atoms with van der Waals surface area (Å²) in [6.07, 6.45) is 8.53. The van der Waals surface area contributed by atoms with Gasteiger partial charge in [-0.05, 0) is 42.7 Å². The highest BCUT2D eigenvalue weighted by molar-refractivity contribution is 5.82. The van der Waals surface area contributed by atoms with Crippen LogP contribution in [0.2, 0.25) is 0 Å². The van der Waals surface area contributed by atoms with E-state index in [1.54, 1.807) is 30.3 Å². The van der Waals surface area contributed by atoms with Crippen LogP contribution in [-0.4, -0.2) is 17.6 Å². The second-order valence-electron chi connectivity index (χ2n) is 6.40. The lowest BCUT2D eigenvalue weighted by atomic mass is 9.96. The van der Waals surface area contributed by atoms with E-state index in [4.69, 9.17) is 0 Å². The van der Waals surface area contributed by atoms with Gasteiger partial charge in [0.15, 0.2) is 0 Å². The third-order valence-electron chi connectivity index (χ3n) is 4.28. The maximum absolute atomic E-state index is 12.4. The molecule has 2 rings (SSSR count). The number of hydrogen-bond acceptors (Lipinski definition) is 2. The van der Waals surface area contributed by atoms with Crippen molar-refractivity contribution in [2.45, 2.75) is 20.0 Å². The third-order valence-corrected chi connectivity index (χ3v) is 4.28. The highest BCUT2D eigenvalue weighted by Gasteiger charge is 2.22. The first kappa shape index (κ1) is 22.1. The fourth-order valence-corrected chi connectivity index (χ4v) is 2.80. The lowest BCUT2D eigenvalue weighted by Gasteiger charge is -2.27. The number of benzene rings is 1. The normalized spacial score (nSPS) is 15.7. The predicted octanol–water partition coefficient (Wildman–Crippen LogP) is 6.57. The Morgan fingerprint density at radius 3 is 2.41 bits per heavy atom. The molecule has 0 aromatic heterocycles. The molecule has 29 heavy (non-hydrogen) atoms. The zero-order chi connectivity index (χ0) is 21.4. The number of nitrogens with one attached hydrogen (secondary N) is 1. The van der Waals surface area contributed by atoms with E-state index in [1.807, 2.05) is 49.4 Å². The molecule has 152 valence electrons. The molecule has 0 spiro atoms. The Labute approximate surface area is 170 Å². The number of alkyl halides is 3. The molecular formula is C24H25F3N2. The van der Waals surface area contributed by atoms with Crippen LogP contribution in [-0.2, 0) is 0 Å². The summed E-state index contributed by atoms with van der Waals surface area (Å²) in [7, 11) is 0. The van der Waals surface area contributed by atoms with Crippen molar-refractivity contribution in [2.24, 2.45) is 0 Å². The minimum absolute atomic E-state index is 0.236. The number of nitrogens with zero attached hydrogens (tertiary/aromatic N) is 1. The highest BCUT2D eigenvalue weighted by Crippen LogP contribution is 2.31. The van der Waals surface area contributed by atoms with E-state index >= 15 is 0 Å². The summed E-state index contributed by atoms with van der Waals surface area (Å²) in [5.41, 5.74) is 5.04. The standard InChI is InChI=1S/C24H25F3N2/c1-5-14-29-17-20(16-28-22(6-2)7-3)15-23(18(29)4)21-10-8-19(9-11-21)12-13-24(25,26)27/h5-15,17,28H,2,4,16H2,1,3H3/b13-12?,14-5-,22-7-. The van der Waals surface area contributed by atoms with Crippen LogP contribution in [0.15, 0.2) is 97.2 Å². The summed E-state index contributed by atoms with van der Waals surface area (Å²) in [5.74, 6) is 0. The van der Waals surface area contributed by atoms with Crippen molar-refractivity contribution in [3.05, 3.63) is 108 Å². The maximum atomic E-state index is 12.4. The number of allylic oxidation sites excluding steroid dienone is 5. The highest BCUT2D eigenvalue weighted by atomic mass is 19.4. The van der Waals surface area contributed by atoms with Crippen molar-refractivity contribution in [1.82, 2.24) is 10.2 Å². The molecule has 0 fully saturated rings. The van der Waals surface area contributed by atoms with Crippen molar-refractivity contribution in [2.75, 3.05) is 6.54 Å². The van der Waals surface area contributed by atoms with Crippen molar-refractivity contribution in [1.29, 1.82) is 0 Å². The van der Waals surface area contributed by atoms with Crippen LogP contribution in [0.25, 0.3) is 11.6 Å². The maximum Gasteiger partial charge on any atom is 0.409 e. The molecule has 1 heterocycles. The Morgan fingerprint density at radius 2 is 1.86 bits per heavy atom. The first-order chi connectivity index (χ1) is 13.8. The van der Waals surface area contributed by atoms with Crippen LogP contribution >= 0.6 is 0 Å². The van der Waals surface area contributed by atoms with Gasteiger partial charge in [-0.3, -0.25) is 0 Å². The smallest absolute Gasteiger partial charge is 0.381 e. The summed E-state index contributed by atoms with van der Waals surface area (Å²) >= 11 is 0. The van der Waals surface area contributed by atoms with Crippen LogP contribution in [0.4, 0.5) is 13.2 Å². The molecule has 0 amide bonds. The molecule has 2 nitrogen and oxygen atoms in total. The molecule has 0 bridgehead atoms. The fraction of sp³-hybridized carbons (Fsp3) is 0.167. The van der Waals surface area contributed by atoms with Gasteiger partial charge >= 0.3 is 6.18 Å². The molecule has 0 aliphatic carbocycles. The van der Waals surface area contributed by atoms with Gasteiger partial charge in [-0.25, -0.2) is 0 Å². The Hall–Kier alpha value is -3.21. The largest absolute Gasteiger partial charge is 0.409 e. The van der Waals surface area contributed by atoms with E-state index in [2.05, 4.69) is 18.5 Å². The van der Waals surface area contributed by atoms with Crippen LogP contribution in [0.5, 0.6) is 0 Å². The Balaban J connectivity index is 2.30. The lowest BCUT2D eigenvalue weighted by Crippen LogP contribution is -2.21. The minimum atomic E-state index is -4.32. The summed E-state index contributed by atoms with van der Waals surface area (Å²) in [4.78, 5) is 1.94. The molecule has 0 radical (unpaired) electrons. The SMILES string of the molecule is C=C/C(=C/C)NCC1=CN(/C=C\C)C(=C)C(c2ccc(C=CC(F)(F)F)cc2)=C1. The molecule has 1 aromatic rings. The topological polar surface area (TPSA) is 15.3 Å². The number of halogens is 3. The van der Waals surface area contributed by atoms with Crippen molar-refractivity contribution in [3.63, 3.8) is 0 Å². The molecule has 1 aromatic carbocycles. The average molecular weight is 398 g/mol. The Bertz CT molecular complexity index is 895. The van der Waals surface area contributed by atoms with Crippen LogP contribution in [0.3, 0.4) is 0 Å². The van der Waals surface area contributed by atoms with Gasteiger partial charge in [0.2, 0.25) is 0 Å². The van der Waals surface area contributed by atoms with Crippen molar-refractivity contribution >= 4 is 11.6 Å². The second-order valence-corrected chi connectivity index (χ2v) is 6.40. The second kappa shape index (κ2) is 9.82. The minimum Gasteiger partial charge on any atom is -0.381 e. The first-order valence-electron chi connectivity index (χ1n) is 9.19. The Kier molecular flexibility index (Phi) is 7.48. The van der Waals surface area contributed by atoms with Gasteiger partial charge < -0.3 is 10.2 Å². The monoisotopic (exact) mass is 398 g/mol. The molecule has 1 aliphatic heterocycles. The van der Waals surface area contributed by atoms with Crippen LogP contribution in [0.1, 0.15) is 25.0 Å². The molecule has 0 saturated heterocycles. The summed E-state index contributed by atoms with van der Waals surface area (Å²) in [6, 6.07) is 6.94. The van der Waals surface area contributed by atoms with Gasteiger partial charge in [0.1, 0.15) is 0 Å². The van der Waals surface area contributed by atoms with Gasteiger partial charge in [-0.1, -0.05) is 55.7 Å². The zero-order valence-corrected chi connectivity index (χ0v) is 16.6. The number of hydrogen-bond donors (Lipinski definition) is 1. The van der Waals surface area contributed by atoms with Gasteiger partial charge in [-0.15, -0.1) is 0 Å². The molecule has 0 saturated carbocycles. The molecule has 5 heteroatoms. The van der Waals surface area contributed by atoms with E-state index in [9.17, 15) is 13.2 Å². The summed E-state index contributed by atoms with van der Waals surface area (Å²) in [5, 5.41) is 3.31. The van der Waals surface area contributed by atoms with Gasteiger partial charge in [0.05, 0.1) is 0 Å². The van der Waals surface area contributed by atoms with Crippen LogP contribution in [0, 0.1) is 0 Å². The van der Waals surface area contributed by atoms with E-state index in [1.165, 1.54) is 0 Å². The number of rotatable bonds is 7. The van der Waals surface area contributed by atoms with Gasteiger partial charge in [0, 0.05) is 42.0 Å². The first-order valence-corrected chi connectivity index (χ1v) is 9.19. The summed E-state index contributed by atoms with van der Waals surface area (Å²) < 4.78 is 37.1. The van der Waals surface area contributed by atoms with Gasteiger partial charge in [0.25, 0.3) is 0 Å². The molecule has 1 aliphatic rings. The molecule has 0 unspecified atom stereocenters. The fourth-order valence-electron chi connectivity index (χ4n) is 2.80. The van der Waals surface area contributed by atoms with E-state index < -0.39 is 6.18 Å². The average Bonchev–Trinajstić information content (AvgIpc) is 2.69. The molecule has 0 atom stereocenters. The molecule has 1 N–H and O–H groups in total. The van der Waals surface area contributed by atoms with Crippen molar-refractivity contribution < 1.29 is 13.2 Å². The summed E-state index contributed by atoms with van der Waals surface area (Å²) in [6.45, 7) is 12.4. The van der Waals surface area contributed by atoms with E-state index in [0.717, 1.165) is 34.2 Å². The Morgan fingerprint density at radius 1 is 1.17 bits per heavy atom. The third kappa shape index (κ3) is 6.42. The van der Waals surface area contributed by atoms with Gasteiger partial charge in [-0.2, -0.15) is 13.2 Å². The zero-order valence-electron chi connectivity index (χ0n) is 16.6. The lowest BCUT2D eigenvalue weighted by molar-refractivity contribution is -0.0790. The predicted molar refractivity (Wildman–Crippen MR) is 115 cm³/mol. The quantitative estimate of drug-likeness (QED) is 0.523. The van der Waals surface area contributed by atoms with E-state index in [-0.39, 0.29) is 6.08 Å². The van der Waals surface area contributed by atoms with E-state index in [0.29, 0.717) is 12.1 Å². The molecular weight excluding hydrogens is 373 g/mol.